The molecule has 0 aliphatic rings. The molecule has 19 heavy (non-hydrogen) atoms. The van der Waals surface area contributed by atoms with Crippen molar-refractivity contribution in [3.63, 3.8) is 0 Å². The van der Waals surface area contributed by atoms with Crippen molar-refractivity contribution in [2.45, 2.75) is 26.4 Å². The number of benzene rings is 1. The highest BCUT2D eigenvalue weighted by atomic mass is 16.3. The van der Waals surface area contributed by atoms with Crippen LogP contribution >= 0.6 is 0 Å². The Morgan fingerprint density at radius 3 is 2.37 bits per heavy atom. The summed E-state index contributed by atoms with van der Waals surface area (Å²) >= 11 is 0. The largest absolute Gasteiger partial charge is 0.393 e. The quantitative estimate of drug-likeness (QED) is 0.698. The molecule has 0 saturated carbocycles. The summed E-state index contributed by atoms with van der Waals surface area (Å²) in [6.45, 7) is 4.07. The molecular weight excluding hydrogens is 244 g/mol. The molecule has 0 heterocycles. The highest BCUT2D eigenvalue weighted by molar-refractivity contribution is 6.39. The number of anilines is 1. The highest BCUT2D eigenvalue weighted by Gasteiger charge is 2.14. The minimum absolute atomic E-state index is 0.134. The van der Waals surface area contributed by atoms with E-state index in [1.807, 2.05) is 19.9 Å². The van der Waals surface area contributed by atoms with Crippen LogP contribution in [0.5, 0.6) is 0 Å². The van der Waals surface area contributed by atoms with E-state index in [0.717, 1.165) is 0 Å². The summed E-state index contributed by atoms with van der Waals surface area (Å²) in [6.07, 6.45) is -0.0420. The first-order valence-corrected chi connectivity index (χ1v) is 6.33. The fourth-order valence-electron chi connectivity index (χ4n) is 1.46. The molecule has 1 aromatic carbocycles. The van der Waals surface area contributed by atoms with Crippen LogP contribution in [0.3, 0.4) is 0 Å². The zero-order valence-corrected chi connectivity index (χ0v) is 11.2. The molecule has 3 N–H and O–H groups in total. The highest BCUT2D eigenvalue weighted by Crippen LogP contribution is 2.05. The normalized spacial score (nSPS) is 12.0. The Labute approximate surface area is 113 Å². The van der Waals surface area contributed by atoms with Crippen molar-refractivity contribution >= 4 is 17.5 Å². The Balaban J connectivity index is 2.32. The number of aliphatic hydroxyl groups excluding tert-OH is 1. The molecule has 0 aliphatic heterocycles. The number of nitrogens with one attached hydrogen (secondary N) is 2. The van der Waals surface area contributed by atoms with Crippen molar-refractivity contribution in [1.29, 1.82) is 0 Å². The van der Waals surface area contributed by atoms with Gasteiger partial charge in [-0.05, 0) is 24.5 Å². The molecular formula is C14H20N2O3. The third-order valence-electron chi connectivity index (χ3n) is 2.73. The van der Waals surface area contributed by atoms with Gasteiger partial charge in [0.2, 0.25) is 0 Å². The number of carbonyl (C=O) groups is 2. The number of aliphatic hydroxyl groups is 1. The molecule has 0 spiro atoms. The van der Waals surface area contributed by atoms with Crippen LogP contribution in [0.4, 0.5) is 5.69 Å². The van der Waals surface area contributed by atoms with E-state index < -0.39 is 17.9 Å². The second-order valence-electron chi connectivity index (χ2n) is 4.68. The molecule has 2 amide bonds. The zero-order chi connectivity index (χ0) is 14.3. The van der Waals surface area contributed by atoms with Crippen molar-refractivity contribution < 1.29 is 14.7 Å². The summed E-state index contributed by atoms with van der Waals surface area (Å²) in [5, 5.41) is 14.5. The fourth-order valence-corrected chi connectivity index (χ4v) is 1.46. The van der Waals surface area contributed by atoms with E-state index in [1.54, 1.807) is 24.3 Å². The number of carbonyl (C=O) groups excluding carboxylic acids is 2. The summed E-state index contributed by atoms with van der Waals surface area (Å²) in [5.41, 5.74) is 0.574. The van der Waals surface area contributed by atoms with Crippen LogP contribution in [0.15, 0.2) is 30.3 Å². The molecule has 0 aromatic heterocycles. The molecule has 0 saturated heterocycles. The van der Waals surface area contributed by atoms with Gasteiger partial charge in [0.05, 0.1) is 6.10 Å². The number of amides is 2. The predicted molar refractivity (Wildman–Crippen MR) is 73.5 cm³/mol. The summed E-state index contributed by atoms with van der Waals surface area (Å²) in [4.78, 5) is 23.0. The zero-order valence-electron chi connectivity index (χ0n) is 11.2. The summed E-state index contributed by atoms with van der Waals surface area (Å²) in [5.74, 6) is -1.26. The molecule has 1 rings (SSSR count). The lowest BCUT2D eigenvalue weighted by Gasteiger charge is -2.14. The Kier molecular flexibility index (Phi) is 6.02. The maximum absolute atomic E-state index is 11.5. The second-order valence-corrected chi connectivity index (χ2v) is 4.68. The topological polar surface area (TPSA) is 78.4 Å². The standard InChI is InChI=1S/C14H20N2O3/c1-10(2)12(17)8-9-15-13(18)14(19)16-11-6-4-3-5-7-11/h3-7,10,12,17H,8-9H2,1-2H3,(H,15,18)(H,16,19). The minimum Gasteiger partial charge on any atom is -0.393 e. The van der Waals surface area contributed by atoms with Gasteiger partial charge in [-0.2, -0.15) is 0 Å². The Morgan fingerprint density at radius 2 is 1.79 bits per heavy atom. The third kappa shape index (κ3) is 5.52. The van der Waals surface area contributed by atoms with Gasteiger partial charge in [-0.3, -0.25) is 9.59 Å². The molecule has 0 bridgehead atoms. The Bertz CT molecular complexity index is 418. The Morgan fingerprint density at radius 1 is 1.16 bits per heavy atom. The van der Waals surface area contributed by atoms with Gasteiger partial charge in [-0.1, -0.05) is 32.0 Å². The molecule has 5 nitrogen and oxygen atoms in total. The number of hydrogen-bond acceptors (Lipinski definition) is 3. The van der Waals surface area contributed by atoms with E-state index in [2.05, 4.69) is 10.6 Å². The van der Waals surface area contributed by atoms with Crippen LogP contribution in [-0.4, -0.2) is 29.6 Å². The van der Waals surface area contributed by atoms with E-state index in [-0.39, 0.29) is 12.5 Å². The summed E-state index contributed by atoms with van der Waals surface area (Å²) in [7, 11) is 0. The molecule has 1 atom stereocenters. The first kappa shape index (κ1) is 15.2. The van der Waals surface area contributed by atoms with Gasteiger partial charge in [0, 0.05) is 12.2 Å². The molecule has 0 fully saturated rings. The minimum atomic E-state index is -0.703. The average molecular weight is 264 g/mol. The van der Waals surface area contributed by atoms with Crippen LogP contribution in [0, 0.1) is 5.92 Å². The maximum atomic E-state index is 11.5. The number of hydrogen-bond donors (Lipinski definition) is 3. The smallest absolute Gasteiger partial charge is 0.313 e. The molecule has 0 aliphatic carbocycles. The van der Waals surface area contributed by atoms with Gasteiger partial charge in [-0.25, -0.2) is 0 Å². The molecule has 1 aromatic rings. The summed E-state index contributed by atoms with van der Waals surface area (Å²) < 4.78 is 0. The van der Waals surface area contributed by atoms with E-state index in [0.29, 0.717) is 12.1 Å². The molecule has 104 valence electrons. The van der Waals surface area contributed by atoms with E-state index in [1.165, 1.54) is 0 Å². The van der Waals surface area contributed by atoms with Crippen molar-refractivity contribution in [3.05, 3.63) is 30.3 Å². The van der Waals surface area contributed by atoms with Crippen molar-refractivity contribution in [1.82, 2.24) is 5.32 Å². The molecule has 0 radical (unpaired) electrons. The first-order chi connectivity index (χ1) is 9.00. The van der Waals surface area contributed by atoms with Gasteiger partial charge in [-0.15, -0.1) is 0 Å². The SMILES string of the molecule is CC(C)C(O)CCNC(=O)C(=O)Nc1ccccc1. The van der Waals surface area contributed by atoms with E-state index in [4.69, 9.17) is 0 Å². The first-order valence-electron chi connectivity index (χ1n) is 6.33. The third-order valence-corrected chi connectivity index (χ3v) is 2.73. The molecule has 5 heteroatoms. The Hall–Kier alpha value is -1.88. The van der Waals surface area contributed by atoms with Crippen molar-refractivity contribution in [3.8, 4) is 0 Å². The van der Waals surface area contributed by atoms with Gasteiger partial charge >= 0.3 is 11.8 Å². The lowest BCUT2D eigenvalue weighted by atomic mass is 10.0. The lowest BCUT2D eigenvalue weighted by Crippen LogP contribution is -2.37. The van der Waals surface area contributed by atoms with Gasteiger partial charge in [0.15, 0.2) is 0 Å². The number of para-hydroxylation sites is 1. The van der Waals surface area contributed by atoms with Crippen LogP contribution in [0.1, 0.15) is 20.3 Å². The van der Waals surface area contributed by atoms with Crippen LogP contribution < -0.4 is 10.6 Å². The van der Waals surface area contributed by atoms with Crippen molar-refractivity contribution in [2.75, 3.05) is 11.9 Å². The van der Waals surface area contributed by atoms with Gasteiger partial charge < -0.3 is 15.7 Å². The maximum Gasteiger partial charge on any atom is 0.313 e. The predicted octanol–water partition coefficient (Wildman–Crippen LogP) is 1.15. The fraction of sp³-hybridized carbons (Fsp3) is 0.429. The second kappa shape index (κ2) is 7.53. The average Bonchev–Trinajstić information content (AvgIpc) is 2.39. The van der Waals surface area contributed by atoms with Gasteiger partial charge in [0.25, 0.3) is 0 Å². The lowest BCUT2D eigenvalue weighted by molar-refractivity contribution is -0.136. The molecule has 1 unspecified atom stereocenters. The van der Waals surface area contributed by atoms with Crippen LogP contribution in [0.2, 0.25) is 0 Å². The monoisotopic (exact) mass is 264 g/mol. The van der Waals surface area contributed by atoms with Crippen LogP contribution in [0.25, 0.3) is 0 Å². The number of rotatable bonds is 5. The van der Waals surface area contributed by atoms with Crippen molar-refractivity contribution in [2.24, 2.45) is 5.92 Å². The van der Waals surface area contributed by atoms with Gasteiger partial charge in [0.1, 0.15) is 0 Å². The van der Waals surface area contributed by atoms with E-state index in [9.17, 15) is 14.7 Å². The van der Waals surface area contributed by atoms with Crippen LogP contribution in [-0.2, 0) is 9.59 Å². The summed E-state index contributed by atoms with van der Waals surface area (Å²) in [6, 6.07) is 8.77. The van der Waals surface area contributed by atoms with E-state index >= 15 is 0 Å².